The van der Waals surface area contributed by atoms with Crippen molar-refractivity contribution in [2.45, 2.75) is 37.3 Å². The Morgan fingerprint density at radius 3 is 2.55 bits per heavy atom. The van der Waals surface area contributed by atoms with E-state index in [0.29, 0.717) is 12.1 Å². The van der Waals surface area contributed by atoms with Crippen LogP contribution in [0.5, 0.6) is 0 Å². The Kier molecular flexibility index (Phi) is 2.55. The zero-order valence-corrected chi connectivity index (χ0v) is 12.2. The average Bonchev–Trinajstić information content (AvgIpc) is 2.89. The van der Waals surface area contributed by atoms with Crippen molar-refractivity contribution in [2.75, 3.05) is 6.54 Å². The number of benzene rings is 2. The molecule has 3 atom stereocenters. The quantitative estimate of drug-likeness (QED) is 0.705. The molecule has 3 aliphatic heterocycles. The second-order valence-electron chi connectivity index (χ2n) is 6.76. The van der Waals surface area contributed by atoms with E-state index in [1.807, 2.05) is 12.1 Å². The van der Waals surface area contributed by atoms with Gasteiger partial charge in [0.25, 0.3) is 0 Å². The molecule has 2 aromatic carbocycles. The number of nitrogens with zero attached hydrogens (tertiary/aromatic N) is 1. The predicted octanol–water partition coefficient (Wildman–Crippen LogP) is 4.17. The molecule has 2 bridgehead atoms. The Morgan fingerprint density at radius 2 is 1.68 bits per heavy atom. The van der Waals surface area contributed by atoms with E-state index in [9.17, 15) is 8.78 Å². The van der Waals surface area contributed by atoms with Crippen molar-refractivity contribution in [3.8, 4) is 0 Å². The Hall–Kier alpha value is -1.74. The third-order valence-corrected chi connectivity index (χ3v) is 5.73. The molecule has 1 saturated heterocycles. The summed E-state index contributed by atoms with van der Waals surface area (Å²) < 4.78 is 27.7. The first-order valence-electron chi connectivity index (χ1n) is 8.06. The first-order valence-corrected chi connectivity index (χ1v) is 8.06. The molecule has 0 radical (unpaired) electrons. The van der Waals surface area contributed by atoms with Gasteiger partial charge in [0.1, 0.15) is 11.6 Å². The van der Waals surface area contributed by atoms with Gasteiger partial charge in [0, 0.05) is 18.0 Å². The van der Waals surface area contributed by atoms with Crippen molar-refractivity contribution in [1.29, 1.82) is 0 Å². The van der Waals surface area contributed by atoms with Crippen LogP contribution in [0, 0.1) is 11.6 Å². The van der Waals surface area contributed by atoms with E-state index in [4.69, 9.17) is 0 Å². The lowest BCUT2D eigenvalue weighted by atomic mass is 9.79. The fourth-order valence-corrected chi connectivity index (χ4v) is 4.92. The fourth-order valence-electron chi connectivity index (χ4n) is 4.92. The summed E-state index contributed by atoms with van der Waals surface area (Å²) >= 11 is 0. The van der Waals surface area contributed by atoms with Gasteiger partial charge in [-0.25, -0.2) is 8.78 Å². The Morgan fingerprint density at radius 1 is 0.909 bits per heavy atom. The maximum atomic E-state index is 13.9. The van der Waals surface area contributed by atoms with Gasteiger partial charge in [-0.2, -0.15) is 0 Å². The summed E-state index contributed by atoms with van der Waals surface area (Å²) in [5, 5.41) is 0. The number of hydrogen-bond acceptors (Lipinski definition) is 1. The van der Waals surface area contributed by atoms with E-state index in [1.54, 1.807) is 24.3 Å². The number of hydrogen-bond donors (Lipinski definition) is 0. The monoisotopic (exact) mass is 297 g/mol. The van der Waals surface area contributed by atoms with Gasteiger partial charge < -0.3 is 0 Å². The van der Waals surface area contributed by atoms with Crippen LogP contribution in [0.4, 0.5) is 8.78 Å². The molecule has 1 fully saturated rings. The highest BCUT2D eigenvalue weighted by Crippen LogP contribution is 2.52. The van der Waals surface area contributed by atoms with Crippen LogP contribution in [0.2, 0.25) is 0 Å². The van der Waals surface area contributed by atoms with Crippen molar-refractivity contribution in [3.05, 3.63) is 70.3 Å². The molecule has 0 saturated carbocycles. The molecular formula is C19H17F2N. The smallest absolute Gasteiger partial charge is 0.123 e. The lowest BCUT2D eigenvalue weighted by molar-refractivity contribution is 0.157. The lowest BCUT2D eigenvalue weighted by Crippen LogP contribution is -2.41. The molecule has 112 valence electrons. The maximum absolute atomic E-state index is 13.9. The largest absolute Gasteiger partial charge is 0.292 e. The summed E-state index contributed by atoms with van der Waals surface area (Å²) in [6.45, 7) is 1.10. The first-order chi connectivity index (χ1) is 10.7. The van der Waals surface area contributed by atoms with E-state index in [0.717, 1.165) is 30.5 Å². The normalized spacial score (nSPS) is 28.9. The summed E-state index contributed by atoms with van der Waals surface area (Å²) in [4.78, 5) is 2.57. The molecule has 0 unspecified atom stereocenters. The molecule has 4 aliphatic rings. The molecule has 22 heavy (non-hydrogen) atoms. The SMILES string of the molecule is Fc1ccc2c(c1)[C@H]1c3cc(F)ccc3[C@H](C2)N2CCC[C@@H]12. The zero-order chi connectivity index (χ0) is 14.8. The third kappa shape index (κ3) is 1.60. The van der Waals surface area contributed by atoms with Gasteiger partial charge in [-0.15, -0.1) is 0 Å². The topological polar surface area (TPSA) is 3.24 Å². The Balaban J connectivity index is 1.82. The molecule has 1 aliphatic carbocycles. The summed E-state index contributed by atoms with van der Waals surface area (Å²) in [5.41, 5.74) is 4.62. The van der Waals surface area contributed by atoms with Gasteiger partial charge in [-0.3, -0.25) is 4.90 Å². The van der Waals surface area contributed by atoms with E-state index in [1.165, 1.54) is 17.5 Å². The summed E-state index contributed by atoms with van der Waals surface area (Å²) in [6, 6.07) is 11.1. The van der Waals surface area contributed by atoms with Gasteiger partial charge >= 0.3 is 0 Å². The third-order valence-electron chi connectivity index (χ3n) is 5.73. The molecule has 0 spiro atoms. The van der Waals surface area contributed by atoms with E-state index < -0.39 is 0 Å². The molecule has 3 heteroatoms. The van der Waals surface area contributed by atoms with Crippen molar-refractivity contribution < 1.29 is 8.78 Å². The van der Waals surface area contributed by atoms with Crippen LogP contribution in [-0.2, 0) is 6.42 Å². The second kappa shape index (κ2) is 4.39. The number of rotatable bonds is 0. The highest BCUT2D eigenvalue weighted by molar-refractivity contribution is 5.50. The second-order valence-corrected chi connectivity index (χ2v) is 6.76. The first kappa shape index (κ1) is 12.8. The molecule has 1 nitrogen and oxygen atoms in total. The van der Waals surface area contributed by atoms with Crippen molar-refractivity contribution in [1.82, 2.24) is 4.90 Å². The summed E-state index contributed by atoms with van der Waals surface area (Å²) in [6.07, 6.45) is 3.20. The molecule has 0 N–H and O–H groups in total. The van der Waals surface area contributed by atoms with Crippen LogP contribution in [0.1, 0.15) is 47.1 Å². The minimum atomic E-state index is -0.188. The molecule has 2 aromatic rings. The Bertz CT molecular complexity index is 770. The average molecular weight is 297 g/mol. The minimum Gasteiger partial charge on any atom is -0.292 e. The lowest BCUT2D eigenvalue weighted by Gasteiger charge is -2.41. The minimum absolute atomic E-state index is 0.109. The van der Waals surface area contributed by atoms with Crippen LogP contribution in [0.3, 0.4) is 0 Å². The summed E-state index contributed by atoms with van der Waals surface area (Å²) in [7, 11) is 0. The molecule has 0 amide bonds. The van der Waals surface area contributed by atoms with Crippen molar-refractivity contribution in [3.63, 3.8) is 0 Å². The van der Waals surface area contributed by atoms with Crippen LogP contribution < -0.4 is 0 Å². The van der Waals surface area contributed by atoms with E-state index in [2.05, 4.69) is 4.90 Å². The highest BCUT2D eigenvalue weighted by atomic mass is 19.1. The maximum Gasteiger partial charge on any atom is 0.123 e. The standard InChI is InChI=1S/C19H17F2N/c20-12-4-3-11-8-18-14-6-5-13(21)10-16(14)19(15(11)9-12)17-2-1-7-22(17)18/h3-6,9-10,17-19H,1-2,7-8H2/t17-,18-,19-/m0/s1. The summed E-state index contributed by atoms with van der Waals surface area (Å²) in [5.74, 6) is -0.266. The molecule has 3 heterocycles. The van der Waals surface area contributed by atoms with Gasteiger partial charge in [0.15, 0.2) is 0 Å². The molecular weight excluding hydrogens is 280 g/mol. The predicted molar refractivity (Wildman–Crippen MR) is 80.8 cm³/mol. The van der Waals surface area contributed by atoms with Gasteiger partial charge in [-0.05, 0) is 72.3 Å². The van der Waals surface area contributed by atoms with Crippen LogP contribution in [-0.4, -0.2) is 17.5 Å². The molecule has 6 rings (SSSR count). The fraction of sp³-hybridized carbons (Fsp3) is 0.368. The number of halogens is 2. The van der Waals surface area contributed by atoms with Crippen molar-refractivity contribution >= 4 is 0 Å². The van der Waals surface area contributed by atoms with E-state index in [-0.39, 0.29) is 17.6 Å². The van der Waals surface area contributed by atoms with Crippen LogP contribution in [0.25, 0.3) is 0 Å². The van der Waals surface area contributed by atoms with Gasteiger partial charge in [0.2, 0.25) is 0 Å². The molecule has 0 aromatic heterocycles. The Labute approximate surface area is 128 Å². The van der Waals surface area contributed by atoms with Gasteiger partial charge in [-0.1, -0.05) is 12.1 Å². The van der Waals surface area contributed by atoms with Gasteiger partial charge in [0.05, 0.1) is 0 Å². The van der Waals surface area contributed by atoms with E-state index >= 15 is 0 Å². The van der Waals surface area contributed by atoms with Crippen LogP contribution in [0.15, 0.2) is 36.4 Å². The highest BCUT2D eigenvalue weighted by Gasteiger charge is 2.47. The van der Waals surface area contributed by atoms with Crippen molar-refractivity contribution in [2.24, 2.45) is 0 Å². The zero-order valence-electron chi connectivity index (χ0n) is 12.2. The van der Waals surface area contributed by atoms with Crippen LogP contribution >= 0.6 is 0 Å².